The highest BCUT2D eigenvalue weighted by Gasteiger charge is 2.31. The van der Waals surface area contributed by atoms with Crippen molar-refractivity contribution >= 4 is 16.8 Å². The number of nitrogens with zero attached hydrogens (tertiary/aromatic N) is 3. The lowest BCUT2D eigenvalue weighted by molar-refractivity contribution is 0.0947. The van der Waals surface area contributed by atoms with Crippen molar-refractivity contribution in [2.24, 2.45) is 0 Å². The smallest absolute Gasteiger partial charge is 0.350 e. The molecule has 4 aromatic rings. The molecule has 2 aromatic carbocycles. The zero-order valence-electron chi connectivity index (χ0n) is 15.8. The quantitative estimate of drug-likeness (QED) is 0.534. The lowest BCUT2D eigenvalue weighted by Gasteiger charge is -2.04. The van der Waals surface area contributed by atoms with Gasteiger partial charge in [0, 0.05) is 23.4 Å². The molecule has 1 aliphatic carbocycles. The maximum atomic E-state index is 12.9. The number of para-hydroxylation sites is 2. The summed E-state index contributed by atoms with van der Waals surface area (Å²) in [5.74, 6) is 0.951. The molecule has 1 saturated carbocycles. The van der Waals surface area contributed by atoms with Crippen molar-refractivity contribution in [3.63, 3.8) is 0 Å². The van der Waals surface area contributed by atoms with Gasteiger partial charge in [0.15, 0.2) is 0 Å². The maximum absolute atomic E-state index is 12.9. The first kappa shape index (κ1) is 17.5. The van der Waals surface area contributed by atoms with Crippen LogP contribution in [0.1, 0.15) is 35.1 Å². The van der Waals surface area contributed by atoms with Gasteiger partial charge in [-0.05, 0) is 37.1 Å². The Balaban J connectivity index is 1.32. The fourth-order valence-corrected chi connectivity index (χ4v) is 3.56. The number of amides is 1. The number of H-pyrrole nitrogens is 1. The molecule has 29 heavy (non-hydrogen) atoms. The zero-order valence-corrected chi connectivity index (χ0v) is 15.8. The Bertz CT molecular complexity index is 1200. The van der Waals surface area contributed by atoms with E-state index >= 15 is 0 Å². The van der Waals surface area contributed by atoms with Crippen LogP contribution < -0.4 is 11.0 Å². The second-order valence-corrected chi connectivity index (χ2v) is 7.34. The number of benzene rings is 2. The van der Waals surface area contributed by atoms with E-state index in [-0.39, 0.29) is 11.6 Å². The van der Waals surface area contributed by atoms with Crippen LogP contribution in [0, 0.1) is 0 Å². The van der Waals surface area contributed by atoms with E-state index in [0.29, 0.717) is 24.7 Å². The van der Waals surface area contributed by atoms with E-state index in [1.807, 2.05) is 60.7 Å². The molecular formula is C22H21N5O2. The van der Waals surface area contributed by atoms with E-state index in [1.165, 1.54) is 4.68 Å². The molecule has 0 bridgehead atoms. The van der Waals surface area contributed by atoms with Gasteiger partial charge < -0.3 is 10.3 Å². The SMILES string of the molecule is O=C(NCCn1nc(C2CC2)n(-c2ccccc2)c1=O)c1cc2ccccc2[nH]1. The average molecular weight is 387 g/mol. The molecule has 7 nitrogen and oxygen atoms in total. The van der Waals surface area contributed by atoms with Crippen molar-refractivity contribution in [2.45, 2.75) is 25.3 Å². The molecule has 7 heteroatoms. The lowest BCUT2D eigenvalue weighted by Crippen LogP contribution is -2.32. The van der Waals surface area contributed by atoms with Gasteiger partial charge >= 0.3 is 5.69 Å². The van der Waals surface area contributed by atoms with Crippen LogP contribution >= 0.6 is 0 Å². The molecular weight excluding hydrogens is 366 g/mol. The number of aromatic amines is 1. The van der Waals surface area contributed by atoms with Crippen molar-refractivity contribution < 1.29 is 4.79 Å². The topological polar surface area (TPSA) is 84.7 Å². The predicted molar refractivity (Wildman–Crippen MR) is 110 cm³/mol. The molecule has 0 unspecified atom stereocenters. The summed E-state index contributed by atoms with van der Waals surface area (Å²) < 4.78 is 3.14. The summed E-state index contributed by atoms with van der Waals surface area (Å²) in [6.45, 7) is 0.647. The van der Waals surface area contributed by atoms with Gasteiger partial charge in [0.1, 0.15) is 11.5 Å². The number of aromatic nitrogens is 4. The number of nitrogens with one attached hydrogen (secondary N) is 2. The minimum absolute atomic E-state index is 0.169. The van der Waals surface area contributed by atoms with Crippen LogP contribution in [0.3, 0.4) is 0 Å². The van der Waals surface area contributed by atoms with Crippen molar-refractivity contribution in [1.29, 1.82) is 0 Å². The molecule has 0 radical (unpaired) electrons. The third-order valence-electron chi connectivity index (χ3n) is 5.21. The van der Waals surface area contributed by atoms with Gasteiger partial charge in [0.2, 0.25) is 0 Å². The van der Waals surface area contributed by atoms with Crippen LogP contribution in [-0.4, -0.2) is 31.8 Å². The van der Waals surface area contributed by atoms with Gasteiger partial charge in [-0.1, -0.05) is 36.4 Å². The third kappa shape index (κ3) is 3.35. The summed E-state index contributed by atoms with van der Waals surface area (Å²) in [6.07, 6.45) is 2.11. The van der Waals surface area contributed by atoms with Crippen molar-refractivity contribution in [2.75, 3.05) is 6.54 Å². The minimum atomic E-state index is -0.195. The molecule has 1 amide bonds. The molecule has 0 atom stereocenters. The molecule has 2 heterocycles. The molecule has 1 aliphatic rings. The van der Waals surface area contributed by atoms with Crippen LogP contribution in [0.5, 0.6) is 0 Å². The van der Waals surface area contributed by atoms with Gasteiger partial charge in [-0.3, -0.25) is 4.79 Å². The Kier molecular flexibility index (Phi) is 4.27. The van der Waals surface area contributed by atoms with Crippen molar-refractivity contribution in [3.05, 3.63) is 82.7 Å². The highest BCUT2D eigenvalue weighted by Crippen LogP contribution is 2.39. The molecule has 0 spiro atoms. The first-order chi connectivity index (χ1) is 14.2. The number of hydrogen-bond acceptors (Lipinski definition) is 3. The minimum Gasteiger partial charge on any atom is -0.351 e. The van der Waals surface area contributed by atoms with Gasteiger partial charge in [-0.15, -0.1) is 0 Å². The van der Waals surface area contributed by atoms with Gasteiger partial charge in [-0.25, -0.2) is 14.0 Å². The van der Waals surface area contributed by atoms with E-state index in [1.54, 1.807) is 4.57 Å². The monoisotopic (exact) mass is 387 g/mol. The van der Waals surface area contributed by atoms with E-state index in [9.17, 15) is 9.59 Å². The lowest BCUT2D eigenvalue weighted by atomic mass is 10.2. The number of rotatable bonds is 6. The Labute approximate surface area is 167 Å². The van der Waals surface area contributed by atoms with Crippen LogP contribution in [0.4, 0.5) is 0 Å². The van der Waals surface area contributed by atoms with Gasteiger partial charge in [0.25, 0.3) is 5.91 Å². The van der Waals surface area contributed by atoms with E-state index < -0.39 is 0 Å². The predicted octanol–water partition coefficient (Wildman–Crippen LogP) is 2.82. The Hall–Kier alpha value is -3.61. The average Bonchev–Trinajstić information content (AvgIpc) is 3.41. The normalized spacial score (nSPS) is 13.7. The van der Waals surface area contributed by atoms with Crippen LogP contribution in [-0.2, 0) is 6.54 Å². The Morgan fingerprint density at radius 1 is 1.10 bits per heavy atom. The highest BCUT2D eigenvalue weighted by atomic mass is 16.2. The van der Waals surface area contributed by atoms with Crippen LogP contribution in [0.2, 0.25) is 0 Å². The van der Waals surface area contributed by atoms with E-state index in [0.717, 1.165) is 35.3 Å². The number of hydrogen-bond donors (Lipinski definition) is 2. The van der Waals surface area contributed by atoms with Crippen LogP contribution in [0.15, 0.2) is 65.5 Å². The van der Waals surface area contributed by atoms with Crippen molar-refractivity contribution in [1.82, 2.24) is 24.6 Å². The summed E-state index contributed by atoms with van der Waals surface area (Å²) in [4.78, 5) is 28.5. The second-order valence-electron chi connectivity index (χ2n) is 7.34. The first-order valence-electron chi connectivity index (χ1n) is 9.82. The first-order valence-corrected chi connectivity index (χ1v) is 9.82. The molecule has 146 valence electrons. The second kappa shape index (κ2) is 7.09. The number of fused-ring (bicyclic) bond motifs is 1. The van der Waals surface area contributed by atoms with E-state index in [2.05, 4.69) is 15.4 Å². The van der Waals surface area contributed by atoms with Gasteiger partial charge in [0.05, 0.1) is 12.2 Å². The highest BCUT2D eigenvalue weighted by molar-refractivity contribution is 5.97. The summed E-state index contributed by atoms with van der Waals surface area (Å²) in [5.41, 5.74) is 2.09. The van der Waals surface area contributed by atoms with E-state index in [4.69, 9.17) is 0 Å². The summed E-state index contributed by atoms with van der Waals surface area (Å²) >= 11 is 0. The summed E-state index contributed by atoms with van der Waals surface area (Å²) in [7, 11) is 0. The summed E-state index contributed by atoms with van der Waals surface area (Å²) in [5, 5.41) is 8.42. The van der Waals surface area contributed by atoms with Crippen molar-refractivity contribution in [3.8, 4) is 5.69 Å². The Morgan fingerprint density at radius 3 is 2.62 bits per heavy atom. The Morgan fingerprint density at radius 2 is 1.86 bits per heavy atom. The van der Waals surface area contributed by atoms with Gasteiger partial charge in [-0.2, -0.15) is 5.10 Å². The van der Waals surface area contributed by atoms with Crippen LogP contribution in [0.25, 0.3) is 16.6 Å². The molecule has 5 rings (SSSR count). The molecule has 0 saturated heterocycles. The fourth-order valence-electron chi connectivity index (χ4n) is 3.56. The standard InChI is InChI=1S/C22H21N5O2/c28-21(19-14-16-6-4-5-9-18(16)24-19)23-12-13-26-22(29)27(17-7-2-1-3-8-17)20(25-26)15-10-11-15/h1-9,14-15,24H,10-13H2,(H,23,28). The maximum Gasteiger partial charge on any atom is 0.350 e. The fraction of sp³-hybridized carbons (Fsp3) is 0.227. The number of carbonyl (C=O) groups is 1. The summed E-state index contributed by atoms with van der Waals surface area (Å²) in [6, 6.07) is 19.2. The number of carbonyl (C=O) groups excluding carboxylic acids is 1. The molecule has 0 aliphatic heterocycles. The molecule has 1 fully saturated rings. The zero-order chi connectivity index (χ0) is 19.8. The largest absolute Gasteiger partial charge is 0.351 e. The third-order valence-corrected chi connectivity index (χ3v) is 5.21. The molecule has 2 aromatic heterocycles. The molecule has 2 N–H and O–H groups in total.